The summed E-state index contributed by atoms with van der Waals surface area (Å²) in [6.45, 7) is 2.06. The Morgan fingerprint density at radius 1 is 1.24 bits per heavy atom. The van der Waals surface area contributed by atoms with Crippen molar-refractivity contribution in [1.29, 1.82) is 0 Å². The van der Waals surface area contributed by atoms with Crippen LogP contribution >= 0.6 is 0 Å². The van der Waals surface area contributed by atoms with Crippen molar-refractivity contribution < 1.29 is 14.7 Å². The highest BCUT2D eigenvalue weighted by Gasteiger charge is 2.03. The van der Waals surface area contributed by atoms with E-state index in [9.17, 15) is 9.59 Å². The number of rotatable bonds is 6. The van der Waals surface area contributed by atoms with Gasteiger partial charge in [-0.2, -0.15) is 0 Å². The molecule has 1 rings (SSSR count). The van der Waals surface area contributed by atoms with E-state index in [1.54, 1.807) is 24.3 Å². The minimum Gasteiger partial charge on any atom is -0.508 e. The van der Waals surface area contributed by atoms with Crippen LogP contribution in [-0.4, -0.2) is 23.3 Å². The van der Waals surface area contributed by atoms with Crippen LogP contribution in [0, 0.1) is 0 Å². The summed E-state index contributed by atoms with van der Waals surface area (Å²) in [5.41, 5.74) is 0.854. The molecule has 0 fully saturated rings. The van der Waals surface area contributed by atoms with Crippen molar-refractivity contribution in [2.45, 2.75) is 26.2 Å². The topological polar surface area (TPSA) is 66.4 Å². The number of ketones is 1. The molecule has 92 valence electrons. The van der Waals surface area contributed by atoms with Crippen LogP contribution < -0.4 is 5.32 Å². The first-order chi connectivity index (χ1) is 8.08. The standard InChI is InChI=1S/C13H17NO3/c1-10(15)3-2-8-14-13(17)9-11-4-6-12(16)7-5-11/h4-7,16H,2-3,8-9H2,1H3,(H,14,17). The molecule has 0 saturated carbocycles. The number of hydrogen-bond donors (Lipinski definition) is 2. The molecule has 1 aromatic carbocycles. The second-order valence-corrected chi connectivity index (χ2v) is 4.00. The molecule has 0 aromatic heterocycles. The Labute approximate surface area is 101 Å². The minimum absolute atomic E-state index is 0.0701. The molecule has 0 saturated heterocycles. The van der Waals surface area contributed by atoms with Gasteiger partial charge in [0.25, 0.3) is 0 Å². The predicted octanol–water partition coefficient (Wildman–Crippen LogP) is 1.42. The fourth-order valence-corrected chi connectivity index (χ4v) is 1.43. The Balaban J connectivity index is 2.25. The van der Waals surface area contributed by atoms with Crippen LogP contribution in [0.15, 0.2) is 24.3 Å². The highest BCUT2D eigenvalue weighted by molar-refractivity contribution is 5.78. The van der Waals surface area contributed by atoms with E-state index in [0.717, 1.165) is 5.56 Å². The molecule has 1 aromatic rings. The maximum Gasteiger partial charge on any atom is 0.224 e. The lowest BCUT2D eigenvalue weighted by molar-refractivity contribution is -0.121. The fourth-order valence-electron chi connectivity index (χ4n) is 1.43. The Bertz CT molecular complexity index is 384. The second-order valence-electron chi connectivity index (χ2n) is 4.00. The molecule has 4 nitrogen and oxygen atoms in total. The lowest BCUT2D eigenvalue weighted by atomic mass is 10.1. The maximum atomic E-state index is 11.5. The molecule has 17 heavy (non-hydrogen) atoms. The number of phenols is 1. The van der Waals surface area contributed by atoms with Crippen molar-refractivity contribution in [3.8, 4) is 5.75 Å². The third-order valence-corrected chi connectivity index (χ3v) is 2.33. The second kappa shape index (κ2) is 6.68. The zero-order valence-corrected chi connectivity index (χ0v) is 9.90. The van der Waals surface area contributed by atoms with Crippen molar-refractivity contribution in [2.24, 2.45) is 0 Å². The Morgan fingerprint density at radius 2 is 1.88 bits per heavy atom. The molecule has 0 aliphatic carbocycles. The number of amides is 1. The molecule has 0 unspecified atom stereocenters. The van der Waals surface area contributed by atoms with Gasteiger partial charge >= 0.3 is 0 Å². The van der Waals surface area contributed by atoms with Crippen LogP contribution in [0.4, 0.5) is 0 Å². The molecule has 0 heterocycles. The Kier molecular flexibility index (Phi) is 5.20. The van der Waals surface area contributed by atoms with Gasteiger partial charge in [0.2, 0.25) is 5.91 Å². The lowest BCUT2D eigenvalue weighted by Gasteiger charge is -2.04. The number of carbonyl (C=O) groups is 2. The van der Waals surface area contributed by atoms with Crippen molar-refractivity contribution in [3.05, 3.63) is 29.8 Å². The first-order valence-electron chi connectivity index (χ1n) is 5.62. The molecular formula is C13H17NO3. The van der Waals surface area contributed by atoms with Gasteiger partial charge in [-0.25, -0.2) is 0 Å². The smallest absolute Gasteiger partial charge is 0.224 e. The van der Waals surface area contributed by atoms with Crippen LogP contribution in [0.5, 0.6) is 5.75 Å². The summed E-state index contributed by atoms with van der Waals surface area (Å²) < 4.78 is 0. The number of Topliss-reactive ketones (excluding diaryl/α,β-unsaturated/α-hetero) is 1. The van der Waals surface area contributed by atoms with Gasteiger partial charge in [0.1, 0.15) is 11.5 Å². The summed E-state index contributed by atoms with van der Waals surface area (Å²) in [6.07, 6.45) is 1.47. The van der Waals surface area contributed by atoms with E-state index >= 15 is 0 Å². The molecule has 0 spiro atoms. The summed E-state index contributed by atoms with van der Waals surface area (Å²) >= 11 is 0. The monoisotopic (exact) mass is 235 g/mol. The number of phenolic OH excluding ortho intramolecular Hbond substituents is 1. The van der Waals surface area contributed by atoms with Crippen LogP contribution in [0.3, 0.4) is 0 Å². The summed E-state index contributed by atoms with van der Waals surface area (Å²) in [7, 11) is 0. The first kappa shape index (κ1) is 13.2. The molecule has 0 bridgehead atoms. The third-order valence-electron chi connectivity index (χ3n) is 2.33. The van der Waals surface area contributed by atoms with Crippen LogP contribution in [0.2, 0.25) is 0 Å². The van der Waals surface area contributed by atoms with E-state index in [2.05, 4.69) is 5.32 Å². The van der Waals surface area contributed by atoms with Gasteiger partial charge in [0.15, 0.2) is 0 Å². The maximum absolute atomic E-state index is 11.5. The molecule has 1 amide bonds. The molecule has 0 aliphatic heterocycles. The highest BCUT2D eigenvalue weighted by atomic mass is 16.3. The van der Waals surface area contributed by atoms with Gasteiger partial charge in [-0.15, -0.1) is 0 Å². The molecule has 2 N–H and O–H groups in total. The zero-order chi connectivity index (χ0) is 12.7. The number of aromatic hydroxyl groups is 1. The van der Waals surface area contributed by atoms with Crippen LogP contribution in [-0.2, 0) is 16.0 Å². The summed E-state index contributed by atoms with van der Waals surface area (Å²) in [4.78, 5) is 22.2. The van der Waals surface area contributed by atoms with E-state index in [1.165, 1.54) is 6.92 Å². The molecule has 0 atom stereocenters. The first-order valence-corrected chi connectivity index (χ1v) is 5.62. The average Bonchev–Trinajstić information content (AvgIpc) is 2.27. The minimum atomic E-state index is -0.0701. The van der Waals surface area contributed by atoms with Crippen molar-refractivity contribution in [1.82, 2.24) is 5.32 Å². The van der Waals surface area contributed by atoms with Crippen molar-refractivity contribution in [2.75, 3.05) is 6.54 Å². The molecular weight excluding hydrogens is 218 g/mol. The average molecular weight is 235 g/mol. The van der Waals surface area contributed by atoms with Gasteiger partial charge in [-0.3, -0.25) is 4.79 Å². The van der Waals surface area contributed by atoms with Crippen molar-refractivity contribution in [3.63, 3.8) is 0 Å². The molecule has 4 heteroatoms. The Morgan fingerprint density at radius 3 is 2.47 bits per heavy atom. The van der Waals surface area contributed by atoms with Gasteiger partial charge in [-0.1, -0.05) is 12.1 Å². The van der Waals surface area contributed by atoms with Gasteiger partial charge < -0.3 is 15.2 Å². The van der Waals surface area contributed by atoms with Crippen LogP contribution in [0.25, 0.3) is 0 Å². The van der Waals surface area contributed by atoms with E-state index in [0.29, 0.717) is 25.8 Å². The zero-order valence-electron chi connectivity index (χ0n) is 9.90. The Hall–Kier alpha value is -1.84. The summed E-state index contributed by atoms with van der Waals surface area (Å²) in [5.74, 6) is 0.257. The van der Waals surface area contributed by atoms with Gasteiger partial charge in [-0.05, 0) is 31.0 Å². The van der Waals surface area contributed by atoms with Gasteiger partial charge in [0.05, 0.1) is 6.42 Å². The SMILES string of the molecule is CC(=O)CCCNC(=O)Cc1ccc(O)cc1. The van der Waals surface area contributed by atoms with E-state index < -0.39 is 0 Å². The normalized spacial score (nSPS) is 9.94. The number of benzene rings is 1. The predicted molar refractivity (Wildman–Crippen MR) is 64.7 cm³/mol. The van der Waals surface area contributed by atoms with Gasteiger partial charge in [0, 0.05) is 13.0 Å². The number of carbonyl (C=O) groups excluding carboxylic acids is 2. The molecule has 0 aliphatic rings. The number of hydrogen-bond acceptors (Lipinski definition) is 3. The fraction of sp³-hybridized carbons (Fsp3) is 0.385. The lowest BCUT2D eigenvalue weighted by Crippen LogP contribution is -2.26. The quantitative estimate of drug-likeness (QED) is 0.733. The van der Waals surface area contributed by atoms with Crippen LogP contribution in [0.1, 0.15) is 25.3 Å². The van der Waals surface area contributed by atoms with E-state index in [1.807, 2.05) is 0 Å². The van der Waals surface area contributed by atoms with E-state index in [4.69, 9.17) is 5.11 Å². The summed E-state index contributed by atoms with van der Waals surface area (Å²) in [5, 5.41) is 11.8. The van der Waals surface area contributed by atoms with Crippen molar-refractivity contribution >= 4 is 11.7 Å². The third kappa shape index (κ3) is 5.70. The highest BCUT2D eigenvalue weighted by Crippen LogP contribution is 2.09. The van der Waals surface area contributed by atoms with E-state index in [-0.39, 0.29) is 17.4 Å². The summed E-state index contributed by atoms with van der Waals surface area (Å²) in [6, 6.07) is 6.53. The largest absolute Gasteiger partial charge is 0.508 e. The number of nitrogens with one attached hydrogen (secondary N) is 1. The molecule has 0 radical (unpaired) electrons.